The molecule has 0 atom stereocenters. The summed E-state index contributed by atoms with van der Waals surface area (Å²) < 4.78 is 7.39. The summed E-state index contributed by atoms with van der Waals surface area (Å²) >= 11 is 0. The number of rotatable bonds is 5. The Balaban J connectivity index is 1.53. The van der Waals surface area contributed by atoms with Crippen molar-refractivity contribution < 1.29 is 4.74 Å². The molecule has 0 saturated heterocycles. The van der Waals surface area contributed by atoms with Crippen molar-refractivity contribution in [1.29, 1.82) is 0 Å². The van der Waals surface area contributed by atoms with E-state index in [2.05, 4.69) is 50.2 Å². The normalized spacial score (nSPS) is 13.3. The molecule has 0 radical (unpaired) electrons. The molecular formula is C20H23N5O. The van der Waals surface area contributed by atoms with Gasteiger partial charge in [-0.2, -0.15) is 0 Å². The van der Waals surface area contributed by atoms with Crippen LogP contribution in [0.15, 0.2) is 36.5 Å². The summed E-state index contributed by atoms with van der Waals surface area (Å²) in [6.45, 7) is 3.81. The molecule has 0 aliphatic carbocycles. The van der Waals surface area contributed by atoms with Crippen LogP contribution in [0, 0.1) is 6.92 Å². The molecule has 0 bridgehead atoms. The first-order valence-corrected chi connectivity index (χ1v) is 9.00. The summed E-state index contributed by atoms with van der Waals surface area (Å²) in [5.74, 6) is 2.74. The summed E-state index contributed by atoms with van der Waals surface area (Å²) in [5.41, 5.74) is 4.49. The first kappa shape index (κ1) is 16.6. The second kappa shape index (κ2) is 7.15. The third-order valence-corrected chi connectivity index (χ3v) is 4.89. The van der Waals surface area contributed by atoms with Crippen molar-refractivity contribution >= 4 is 5.69 Å². The number of benzene rings is 1. The molecule has 4 rings (SSSR count). The number of pyridine rings is 1. The largest absolute Gasteiger partial charge is 0.481 e. The molecule has 0 fully saturated rings. The molecule has 134 valence electrons. The van der Waals surface area contributed by atoms with Crippen molar-refractivity contribution in [2.24, 2.45) is 0 Å². The molecule has 0 unspecified atom stereocenters. The molecule has 1 aliphatic rings. The number of nitrogens with one attached hydrogen (secondary N) is 1. The Hall–Kier alpha value is -2.89. The zero-order valence-electron chi connectivity index (χ0n) is 15.2. The lowest BCUT2D eigenvalue weighted by Crippen LogP contribution is -2.15. The number of ether oxygens (including phenoxy) is 1. The lowest BCUT2D eigenvalue weighted by atomic mass is 10.0. The van der Waals surface area contributed by atoms with Crippen molar-refractivity contribution in [3.05, 3.63) is 53.7 Å². The van der Waals surface area contributed by atoms with Crippen molar-refractivity contribution in [3.8, 4) is 17.0 Å². The van der Waals surface area contributed by atoms with Gasteiger partial charge in [0.1, 0.15) is 5.82 Å². The minimum absolute atomic E-state index is 0.621. The highest BCUT2D eigenvalue weighted by atomic mass is 16.5. The summed E-state index contributed by atoms with van der Waals surface area (Å²) in [6, 6.07) is 10.3. The molecule has 1 N–H and O–H groups in total. The van der Waals surface area contributed by atoms with Gasteiger partial charge in [-0.15, -0.1) is 10.2 Å². The Morgan fingerprint density at radius 2 is 2.00 bits per heavy atom. The van der Waals surface area contributed by atoms with E-state index in [1.54, 1.807) is 7.11 Å². The molecule has 6 heteroatoms. The molecule has 1 aromatic carbocycles. The second-order valence-electron chi connectivity index (χ2n) is 6.61. The molecule has 0 spiro atoms. The fourth-order valence-corrected chi connectivity index (χ4v) is 3.34. The fourth-order valence-electron chi connectivity index (χ4n) is 3.34. The van der Waals surface area contributed by atoms with E-state index in [0.29, 0.717) is 12.4 Å². The second-order valence-corrected chi connectivity index (χ2v) is 6.61. The highest BCUT2D eigenvalue weighted by molar-refractivity contribution is 5.69. The average Bonchev–Trinajstić information content (AvgIpc) is 3.11. The predicted octanol–water partition coefficient (Wildman–Crippen LogP) is 3.61. The van der Waals surface area contributed by atoms with Gasteiger partial charge in [0.2, 0.25) is 5.88 Å². The van der Waals surface area contributed by atoms with Crippen LogP contribution in [0.1, 0.15) is 30.1 Å². The van der Waals surface area contributed by atoms with Gasteiger partial charge in [0.05, 0.1) is 13.7 Å². The van der Waals surface area contributed by atoms with Gasteiger partial charge in [-0.25, -0.2) is 4.98 Å². The third kappa shape index (κ3) is 3.27. The molecule has 3 aromatic rings. The zero-order valence-corrected chi connectivity index (χ0v) is 15.2. The first-order chi connectivity index (χ1) is 12.7. The standard InChI is InChI=1S/C20H23N5O/c1-14-6-7-15(16-8-9-20(26-2)22-12-16)11-17(14)21-13-19-24-23-18-5-3-4-10-25(18)19/h6-9,11-12,21H,3-5,10,13H2,1-2H3. The predicted molar refractivity (Wildman–Crippen MR) is 101 cm³/mol. The molecule has 1 aliphatic heterocycles. The van der Waals surface area contributed by atoms with Crippen LogP contribution in [0.3, 0.4) is 0 Å². The van der Waals surface area contributed by atoms with Gasteiger partial charge in [-0.05, 0) is 43.0 Å². The number of hydrogen-bond donors (Lipinski definition) is 1. The van der Waals surface area contributed by atoms with E-state index in [0.717, 1.165) is 41.4 Å². The molecule has 0 amide bonds. The van der Waals surface area contributed by atoms with Gasteiger partial charge in [-0.3, -0.25) is 0 Å². The molecule has 26 heavy (non-hydrogen) atoms. The Bertz CT molecular complexity index is 901. The summed E-state index contributed by atoms with van der Waals surface area (Å²) in [5, 5.41) is 12.2. The molecule has 2 aromatic heterocycles. The van der Waals surface area contributed by atoms with Crippen LogP contribution in [0.4, 0.5) is 5.69 Å². The van der Waals surface area contributed by atoms with Crippen molar-refractivity contribution in [2.45, 2.75) is 39.3 Å². The number of hydrogen-bond acceptors (Lipinski definition) is 5. The number of methoxy groups -OCH3 is 1. The van der Waals surface area contributed by atoms with Crippen molar-refractivity contribution in [3.63, 3.8) is 0 Å². The maximum atomic E-state index is 5.13. The smallest absolute Gasteiger partial charge is 0.212 e. The number of nitrogens with zero attached hydrogens (tertiary/aromatic N) is 4. The summed E-state index contributed by atoms with van der Waals surface area (Å²) in [4.78, 5) is 4.30. The number of aryl methyl sites for hydroxylation is 2. The van der Waals surface area contributed by atoms with Crippen LogP contribution in [-0.4, -0.2) is 26.9 Å². The number of anilines is 1. The average molecular weight is 349 g/mol. The van der Waals surface area contributed by atoms with Gasteiger partial charge in [0, 0.05) is 36.5 Å². The third-order valence-electron chi connectivity index (χ3n) is 4.89. The molecule has 3 heterocycles. The van der Waals surface area contributed by atoms with Crippen LogP contribution in [0.5, 0.6) is 5.88 Å². The van der Waals surface area contributed by atoms with E-state index < -0.39 is 0 Å². The Kier molecular flexibility index (Phi) is 4.56. The van der Waals surface area contributed by atoms with Gasteiger partial charge in [0.15, 0.2) is 5.82 Å². The lowest BCUT2D eigenvalue weighted by Gasteiger charge is -2.16. The van der Waals surface area contributed by atoms with Crippen molar-refractivity contribution in [2.75, 3.05) is 12.4 Å². The van der Waals surface area contributed by atoms with Crippen LogP contribution in [0.25, 0.3) is 11.1 Å². The molecular weight excluding hydrogens is 326 g/mol. The van der Waals surface area contributed by atoms with E-state index in [1.807, 2.05) is 18.3 Å². The van der Waals surface area contributed by atoms with Gasteiger partial charge >= 0.3 is 0 Å². The van der Waals surface area contributed by atoms with Crippen molar-refractivity contribution in [1.82, 2.24) is 19.7 Å². The zero-order chi connectivity index (χ0) is 17.9. The minimum atomic E-state index is 0.621. The van der Waals surface area contributed by atoms with Gasteiger partial charge < -0.3 is 14.6 Å². The van der Waals surface area contributed by atoms with Gasteiger partial charge in [0.25, 0.3) is 0 Å². The molecule has 6 nitrogen and oxygen atoms in total. The van der Waals surface area contributed by atoms with E-state index in [-0.39, 0.29) is 0 Å². The van der Waals surface area contributed by atoms with Crippen LogP contribution < -0.4 is 10.1 Å². The van der Waals surface area contributed by atoms with E-state index in [9.17, 15) is 0 Å². The highest BCUT2D eigenvalue weighted by Crippen LogP contribution is 2.26. The Morgan fingerprint density at radius 3 is 2.81 bits per heavy atom. The van der Waals surface area contributed by atoms with Crippen LogP contribution >= 0.6 is 0 Å². The topological polar surface area (TPSA) is 64.9 Å². The number of fused-ring (bicyclic) bond motifs is 1. The quantitative estimate of drug-likeness (QED) is 0.762. The maximum Gasteiger partial charge on any atom is 0.212 e. The number of aromatic nitrogens is 4. The van der Waals surface area contributed by atoms with Gasteiger partial charge in [-0.1, -0.05) is 12.1 Å². The summed E-state index contributed by atoms with van der Waals surface area (Å²) in [7, 11) is 1.62. The first-order valence-electron chi connectivity index (χ1n) is 9.00. The van der Waals surface area contributed by atoms with Crippen LogP contribution in [-0.2, 0) is 19.5 Å². The SMILES string of the molecule is COc1ccc(-c2ccc(C)c(NCc3nnc4n3CCCC4)c2)cn1. The monoisotopic (exact) mass is 349 g/mol. The van der Waals surface area contributed by atoms with E-state index >= 15 is 0 Å². The van der Waals surface area contributed by atoms with E-state index in [1.165, 1.54) is 18.4 Å². The Morgan fingerprint density at radius 1 is 1.12 bits per heavy atom. The fraction of sp³-hybridized carbons (Fsp3) is 0.350. The molecule has 0 saturated carbocycles. The van der Waals surface area contributed by atoms with Crippen LogP contribution in [0.2, 0.25) is 0 Å². The highest BCUT2D eigenvalue weighted by Gasteiger charge is 2.15. The maximum absolute atomic E-state index is 5.13. The van der Waals surface area contributed by atoms with E-state index in [4.69, 9.17) is 4.74 Å². The lowest BCUT2D eigenvalue weighted by molar-refractivity contribution is 0.398. The minimum Gasteiger partial charge on any atom is -0.481 e. The summed E-state index contributed by atoms with van der Waals surface area (Å²) in [6.07, 6.45) is 5.29. The Labute approximate surface area is 153 Å².